The fourth-order valence-electron chi connectivity index (χ4n) is 4.18. The number of carbonyl (C=O) groups is 1. The molecule has 10 heteroatoms. The maximum atomic E-state index is 12.1. The van der Waals surface area contributed by atoms with Crippen LogP contribution < -0.4 is 9.80 Å². The van der Waals surface area contributed by atoms with Gasteiger partial charge in [-0.05, 0) is 30.4 Å². The van der Waals surface area contributed by atoms with Gasteiger partial charge >= 0.3 is 5.97 Å². The molecule has 30 heavy (non-hydrogen) atoms. The number of hydrogen-bond acceptors (Lipinski definition) is 9. The number of ether oxygens (including phenoxy) is 2. The zero-order valence-electron chi connectivity index (χ0n) is 17.2. The minimum Gasteiger partial charge on any atom is -0.454 e. The average Bonchev–Trinajstić information content (AvgIpc) is 3.40. The smallest absolute Gasteiger partial charge is 0.350 e. The van der Waals surface area contributed by atoms with E-state index in [0.717, 1.165) is 61.5 Å². The third-order valence-corrected chi connectivity index (χ3v) is 8.67. The molecule has 3 aliphatic rings. The fraction of sp³-hybridized carbons (Fsp3) is 0.600. The highest BCUT2D eigenvalue weighted by molar-refractivity contribution is 7.96. The molecular weight excluding hydrogens is 422 g/mol. The Morgan fingerprint density at radius 2 is 2.13 bits per heavy atom. The monoisotopic (exact) mass is 448 g/mol. The van der Waals surface area contributed by atoms with E-state index in [4.69, 9.17) is 19.4 Å². The summed E-state index contributed by atoms with van der Waals surface area (Å²) in [6.45, 7) is 2.88. The Hall–Kier alpha value is -1.91. The van der Waals surface area contributed by atoms with Crippen molar-refractivity contribution in [2.24, 2.45) is 0 Å². The van der Waals surface area contributed by atoms with E-state index < -0.39 is 0 Å². The van der Waals surface area contributed by atoms with E-state index in [1.54, 1.807) is 12.3 Å². The number of rotatable bonds is 5. The van der Waals surface area contributed by atoms with Gasteiger partial charge in [0.15, 0.2) is 5.82 Å². The molecule has 5 heterocycles. The first kappa shape index (κ1) is 20.0. The molecule has 2 saturated heterocycles. The first-order valence-electron chi connectivity index (χ1n) is 10.3. The van der Waals surface area contributed by atoms with Crippen LogP contribution in [0, 0.1) is 0 Å². The quantitative estimate of drug-likeness (QED) is 0.506. The summed E-state index contributed by atoms with van der Waals surface area (Å²) < 4.78 is 15.1. The zero-order chi connectivity index (χ0) is 20.7. The summed E-state index contributed by atoms with van der Waals surface area (Å²) in [5, 5.41) is 0. The Bertz CT molecular complexity index is 913. The number of esters is 1. The summed E-state index contributed by atoms with van der Waals surface area (Å²) in [5.74, 6) is 2.69. The molecule has 8 nitrogen and oxygen atoms in total. The van der Waals surface area contributed by atoms with Crippen molar-refractivity contribution < 1.29 is 14.3 Å². The van der Waals surface area contributed by atoms with Crippen molar-refractivity contribution in [3.05, 3.63) is 22.8 Å². The SMILES string of the molecule is CN(c1nc(N2CC(OC(=O)c3ccns3)C2)nc2c1[S+](C)CC2)C1CCOCC1. The van der Waals surface area contributed by atoms with Crippen LogP contribution in [0.5, 0.6) is 0 Å². The predicted molar refractivity (Wildman–Crippen MR) is 118 cm³/mol. The second kappa shape index (κ2) is 8.32. The summed E-state index contributed by atoms with van der Waals surface area (Å²) in [6.07, 6.45) is 6.85. The minimum atomic E-state index is -0.299. The molecule has 2 aromatic heterocycles. The van der Waals surface area contributed by atoms with Gasteiger partial charge in [-0.25, -0.2) is 14.2 Å². The molecule has 0 bridgehead atoms. The van der Waals surface area contributed by atoms with Crippen LogP contribution in [-0.2, 0) is 26.8 Å². The second-order valence-electron chi connectivity index (χ2n) is 7.98. The van der Waals surface area contributed by atoms with Crippen molar-refractivity contribution in [1.29, 1.82) is 0 Å². The van der Waals surface area contributed by atoms with Gasteiger partial charge in [-0.2, -0.15) is 4.98 Å². The van der Waals surface area contributed by atoms with Gasteiger partial charge in [0, 0.05) is 49.8 Å². The molecule has 2 fully saturated rings. The molecule has 2 aromatic rings. The average molecular weight is 449 g/mol. The fourth-order valence-corrected chi connectivity index (χ4v) is 6.42. The van der Waals surface area contributed by atoms with Crippen molar-refractivity contribution >= 4 is 40.2 Å². The maximum absolute atomic E-state index is 12.1. The van der Waals surface area contributed by atoms with E-state index in [0.29, 0.717) is 24.0 Å². The number of fused-ring (bicyclic) bond motifs is 1. The first-order valence-corrected chi connectivity index (χ1v) is 12.9. The van der Waals surface area contributed by atoms with Crippen molar-refractivity contribution in [2.45, 2.75) is 36.3 Å². The largest absolute Gasteiger partial charge is 0.454 e. The van der Waals surface area contributed by atoms with Gasteiger partial charge in [0.05, 0.1) is 13.1 Å². The van der Waals surface area contributed by atoms with E-state index in [1.165, 1.54) is 10.6 Å². The number of hydrogen-bond donors (Lipinski definition) is 0. The summed E-state index contributed by atoms with van der Waals surface area (Å²) in [4.78, 5) is 28.4. The Balaban J connectivity index is 1.32. The van der Waals surface area contributed by atoms with Gasteiger partial charge < -0.3 is 19.3 Å². The van der Waals surface area contributed by atoms with Gasteiger partial charge in [-0.1, -0.05) is 0 Å². The maximum Gasteiger partial charge on any atom is 0.350 e. The minimum absolute atomic E-state index is 0.131. The van der Waals surface area contributed by atoms with Gasteiger partial charge in [0.25, 0.3) is 0 Å². The van der Waals surface area contributed by atoms with Crippen molar-refractivity contribution in [3.63, 3.8) is 0 Å². The van der Waals surface area contributed by atoms with E-state index in [2.05, 4.69) is 27.5 Å². The van der Waals surface area contributed by atoms with Crippen molar-refractivity contribution in [2.75, 3.05) is 55.2 Å². The summed E-state index contributed by atoms with van der Waals surface area (Å²) >= 11 is 1.16. The molecule has 0 aromatic carbocycles. The lowest BCUT2D eigenvalue weighted by molar-refractivity contribution is 0.0237. The first-order chi connectivity index (χ1) is 14.6. The highest BCUT2D eigenvalue weighted by Gasteiger charge is 2.40. The molecule has 0 amide bonds. The predicted octanol–water partition coefficient (Wildman–Crippen LogP) is 1.76. The summed E-state index contributed by atoms with van der Waals surface area (Å²) in [7, 11) is 2.35. The Morgan fingerprint density at radius 3 is 2.87 bits per heavy atom. The molecule has 3 aliphatic heterocycles. The number of anilines is 2. The summed E-state index contributed by atoms with van der Waals surface area (Å²) in [5.41, 5.74) is 1.19. The van der Waals surface area contributed by atoms with E-state index >= 15 is 0 Å². The standard InChI is InChI=1S/C20H26N5O3S2/c1-24(13-4-8-27-9-5-13)18-17-15(6-10-30(17)2)22-20(23-18)25-11-14(12-25)28-19(26)16-3-7-21-29-16/h3,7,13-14H,4-6,8-12H2,1-2H3/q+1. The van der Waals surface area contributed by atoms with E-state index in [9.17, 15) is 4.79 Å². The molecule has 0 aliphatic carbocycles. The number of aromatic nitrogens is 3. The zero-order valence-corrected chi connectivity index (χ0v) is 18.9. The Kier molecular flexibility index (Phi) is 5.55. The Morgan fingerprint density at radius 1 is 1.33 bits per heavy atom. The van der Waals surface area contributed by atoms with Crippen LogP contribution in [0.25, 0.3) is 0 Å². The molecular formula is C20H26N5O3S2+. The lowest BCUT2D eigenvalue weighted by Crippen LogP contribution is -2.54. The van der Waals surface area contributed by atoms with Crippen LogP contribution in [-0.4, -0.2) is 77.8 Å². The molecule has 160 valence electrons. The highest BCUT2D eigenvalue weighted by atomic mass is 32.2. The molecule has 0 radical (unpaired) electrons. The molecule has 1 atom stereocenters. The second-order valence-corrected chi connectivity index (χ2v) is 10.9. The highest BCUT2D eigenvalue weighted by Crippen LogP contribution is 2.36. The lowest BCUT2D eigenvalue weighted by Gasteiger charge is -2.39. The van der Waals surface area contributed by atoms with Gasteiger partial charge in [0.2, 0.25) is 10.8 Å². The molecule has 0 N–H and O–H groups in total. The van der Waals surface area contributed by atoms with Crippen LogP contribution in [0.3, 0.4) is 0 Å². The molecule has 1 unspecified atom stereocenters. The third kappa shape index (κ3) is 3.76. The summed E-state index contributed by atoms with van der Waals surface area (Å²) in [6, 6.07) is 2.14. The van der Waals surface area contributed by atoms with Crippen LogP contribution in [0.15, 0.2) is 17.2 Å². The van der Waals surface area contributed by atoms with Crippen LogP contribution in [0.2, 0.25) is 0 Å². The number of carbonyl (C=O) groups excluding carboxylic acids is 1. The molecule has 0 spiro atoms. The van der Waals surface area contributed by atoms with Crippen molar-refractivity contribution in [1.82, 2.24) is 14.3 Å². The number of nitrogens with zero attached hydrogens (tertiary/aromatic N) is 5. The normalized spacial score (nSPS) is 21.9. The van der Waals surface area contributed by atoms with Crippen LogP contribution in [0.4, 0.5) is 11.8 Å². The topological polar surface area (TPSA) is 80.7 Å². The molecule has 0 saturated carbocycles. The van der Waals surface area contributed by atoms with Crippen molar-refractivity contribution in [3.8, 4) is 0 Å². The van der Waals surface area contributed by atoms with E-state index in [-0.39, 0.29) is 23.0 Å². The number of aryl methyl sites for hydroxylation is 1. The van der Waals surface area contributed by atoms with Gasteiger partial charge in [-0.15, -0.1) is 0 Å². The lowest BCUT2D eigenvalue weighted by atomic mass is 10.1. The molecule has 5 rings (SSSR count). The van der Waals surface area contributed by atoms with E-state index in [1.807, 2.05) is 0 Å². The van der Waals surface area contributed by atoms with Gasteiger partial charge in [-0.3, -0.25) is 0 Å². The van der Waals surface area contributed by atoms with Crippen LogP contribution >= 0.6 is 11.5 Å². The Labute approximate surface area is 183 Å². The third-order valence-electron chi connectivity index (χ3n) is 6.02. The van der Waals surface area contributed by atoms with Crippen LogP contribution in [0.1, 0.15) is 28.2 Å². The van der Waals surface area contributed by atoms with Gasteiger partial charge in [0.1, 0.15) is 28.7 Å².